The van der Waals surface area contributed by atoms with Crippen LogP contribution in [0.3, 0.4) is 0 Å². The predicted octanol–water partition coefficient (Wildman–Crippen LogP) is 4.70. The van der Waals surface area contributed by atoms with Crippen molar-refractivity contribution in [2.45, 2.75) is 65.0 Å². The molecule has 0 heterocycles. The highest BCUT2D eigenvalue weighted by atomic mass is 14.9. The first kappa shape index (κ1) is 14.2. The van der Waals surface area contributed by atoms with Crippen molar-refractivity contribution in [2.75, 3.05) is 0 Å². The van der Waals surface area contributed by atoms with Crippen LogP contribution in [0.4, 0.5) is 0 Å². The summed E-state index contributed by atoms with van der Waals surface area (Å²) in [4.78, 5) is 0. The van der Waals surface area contributed by atoms with Crippen molar-refractivity contribution in [3.05, 3.63) is 35.9 Å². The van der Waals surface area contributed by atoms with E-state index in [1.54, 1.807) is 0 Å². The van der Waals surface area contributed by atoms with Gasteiger partial charge in [-0.2, -0.15) is 0 Å². The molecule has 0 aromatic heterocycles. The van der Waals surface area contributed by atoms with Crippen molar-refractivity contribution in [1.82, 2.24) is 5.32 Å². The molecule has 1 rings (SSSR count). The fourth-order valence-electron chi connectivity index (χ4n) is 2.26. The topological polar surface area (TPSA) is 12.0 Å². The minimum Gasteiger partial charge on any atom is -0.307 e. The minimum atomic E-state index is 0.507. The molecule has 2 atom stereocenters. The third-order valence-corrected chi connectivity index (χ3v) is 3.34. The van der Waals surface area contributed by atoms with Gasteiger partial charge in [-0.15, -0.1) is 0 Å². The summed E-state index contributed by atoms with van der Waals surface area (Å²) in [5, 5.41) is 3.74. The number of hydrogen-bond acceptors (Lipinski definition) is 1. The zero-order valence-electron chi connectivity index (χ0n) is 11.6. The summed E-state index contributed by atoms with van der Waals surface area (Å²) >= 11 is 0. The lowest BCUT2D eigenvalue weighted by atomic mass is 10.0. The van der Waals surface area contributed by atoms with Gasteiger partial charge in [0.2, 0.25) is 0 Å². The van der Waals surface area contributed by atoms with Gasteiger partial charge < -0.3 is 5.32 Å². The van der Waals surface area contributed by atoms with Crippen LogP contribution in [0.2, 0.25) is 0 Å². The lowest BCUT2D eigenvalue weighted by molar-refractivity contribution is 0.415. The summed E-state index contributed by atoms with van der Waals surface area (Å²) in [7, 11) is 0. The van der Waals surface area contributed by atoms with Gasteiger partial charge in [-0.05, 0) is 25.3 Å². The number of hydrogen-bond donors (Lipinski definition) is 1. The van der Waals surface area contributed by atoms with E-state index in [4.69, 9.17) is 0 Å². The molecule has 1 heteroatoms. The van der Waals surface area contributed by atoms with Gasteiger partial charge in [-0.3, -0.25) is 0 Å². The Morgan fingerprint density at radius 3 is 2.35 bits per heavy atom. The first-order valence-corrected chi connectivity index (χ1v) is 7.08. The average molecular weight is 233 g/mol. The molecule has 0 fully saturated rings. The Labute approximate surface area is 107 Å². The van der Waals surface area contributed by atoms with Crippen LogP contribution in [-0.4, -0.2) is 6.04 Å². The molecule has 1 aromatic rings. The van der Waals surface area contributed by atoms with Gasteiger partial charge in [0, 0.05) is 12.1 Å². The Bertz CT molecular complexity index is 281. The highest BCUT2D eigenvalue weighted by Crippen LogP contribution is 2.17. The van der Waals surface area contributed by atoms with E-state index < -0.39 is 0 Å². The molecule has 0 saturated heterocycles. The number of nitrogens with one attached hydrogen (secondary N) is 1. The van der Waals surface area contributed by atoms with Crippen LogP contribution in [0.1, 0.15) is 64.5 Å². The minimum absolute atomic E-state index is 0.507. The Balaban J connectivity index is 2.41. The zero-order valence-corrected chi connectivity index (χ0v) is 11.6. The molecular formula is C16H27N. The summed E-state index contributed by atoms with van der Waals surface area (Å²) in [6, 6.07) is 11.9. The van der Waals surface area contributed by atoms with Crippen LogP contribution >= 0.6 is 0 Å². The maximum Gasteiger partial charge on any atom is 0.0319 e. The molecule has 17 heavy (non-hydrogen) atoms. The standard InChI is InChI=1S/C16H27N/c1-4-6-8-11-14(3)17-16(5-2)15-12-9-7-10-13-15/h7,9-10,12-14,16-17H,4-6,8,11H2,1-3H3. The molecule has 0 aliphatic heterocycles. The highest BCUT2D eigenvalue weighted by Gasteiger charge is 2.11. The second kappa shape index (κ2) is 8.30. The van der Waals surface area contributed by atoms with Crippen molar-refractivity contribution in [3.8, 4) is 0 Å². The summed E-state index contributed by atoms with van der Waals surface area (Å²) < 4.78 is 0. The molecule has 0 radical (unpaired) electrons. The molecule has 1 N–H and O–H groups in total. The van der Waals surface area contributed by atoms with Crippen molar-refractivity contribution >= 4 is 0 Å². The molecule has 1 nitrogen and oxygen atoms in total. The molecule has 2 unspecified atom stereocenters. The average Bonchev–Trinajstić information content (AvgIpc) is 2.37. The first-order chi connectivity index (χ1) is 8.27. The molecule has 0 amide bonds. The largest absolute Gasteiger partial charge is 0.307 e. The normalized spacial score (nSPS) is 14.5. The summed E-state index contributed by atoms with van der Waals surface area (Å²) in [5.41, 5.74) is 1.41. The van der Waals surface area contributed by atoms with Crippen LogP contribution in [0.15, 0.2) is 30.3 Å². The van der Waals surface area contributed by atoms with E-state index in [-0.39, 0.29) is 0 Å². The molecule has 0 bridgehead atoms. The molecule has 0 aliphatic rings. The Morgan fingerprint density at radius 1 is 1.06 bits per heavy atom. The van der Waals surface area contributed by atoms with Crippen LogP contribution in [0.5, 0.6) is 0 Å². The van der Waals surface area contributed by atoms with Crippen molar-refractivity contribution in [1.29, 1.82) is 0 Å². The molecular weight excluding hydrogens is 206 g/mol. The number of benzene rings is 1. The fraction of sp³-hybridized carbons (Fsp3) is 0.625. The third kappa shape index (κ3) is 5.36. The van der Waals surface area contributed by atoms with Crippen molar-refractivity contribution in [3.63, 3.8) is 0 Å². The maximum atomic E-state index is 3.74. The molecule has 96 valence electrons. The SMILES string of the molecule is CCCCCC(C)NC(CC)c1ccccc1. The van der Waals surface area contributed by atoms with Crippen LogP contribution in [0, 0.1) is 0 Å². The molecule has 1 aromatic carbocycles. The lowest BCUT2D eigenvalue weighted by Crippen LogP contribution is -2.30. The fourth-order valence-corrected chi connectivity index (χ4v) is 2.26. The summed E-state index contributed by atoms with van der Waals surface area (Å²) in [5.74, 6) is 0. The van der Waals surface area contributed by atoms with E-state index in [9.17, 15) is 0 Å². The predicted molar refractivity (Wildman–Crippen MR) is 76.2 cm³/mol. The van der Waals surface area contributed by atoms with Gasteiger partial charge in [-0.25, -0.2) is 0 Å². The number of rotatable bonds is 8. The number of unbranched alkanes of at least 4 members (excludes halogenated alkanes) is 2. The monoisotopic (exact) mass is 233 g/mol. The van der Waals surface area contributed by atoms with E-state index in [0.29, 0.717) is 12.1 Å². The van der Waals surface area contributed by atoms with Gasteiger partial charge in [0.1, 0.15) is 0 Å². The van der Waals surface area contributed by atoms with E-state index in [1.807, 2.05) is 0 Å². The maximum absolute atomic E-state index is 3.74. The second-order valence-electron chi connectivity index (χ2n) is 4.94. The summed E-state index contributed by atoms with van der Waals surface area (Å²) in [6.45, 7) is 6.82. The van der Waals surface area contributed by atoms with Gasteiger partial charge in [0.25, 0.3) is 0 Å². The van der Waals surface area contributed by atoms with E-state index in [0.717, 1.165) is 6.42 Å². The molecule has 0 aliphatic carbocycles. The quantitative estimate of drug-likeness (QED) is 0.642. The second-order valence-corrected chi connectivity index (χ2v) is 4.94. The van der Waals surface area contributed by atoms with Gasteiger partial charge in [0.05, 0.1) is 0 Å². The van der Waals surface area contributed by atoms with E-state index in [2.05, 4.69) is 56.4 Å². The van der Waals surface area contributed by atoms with E-state index >= 15 is 0 Å². The smallest absolute Gasteiger partial charge is 0.0319 e. The molecule has 0 spiro atoms. The van der Waals surface area contributed by atoms with E-state index in [1.165, 1.54) is 31.2 Å². The Morgan fingerprint density at radius 2 is 1.76 bits per heavy atom. The van der Waals surface area contributed by atoms with Crippen molar-refractivity contribution < 1.29 is 0 Å². The highest BCUT2D eigenvalue weighted by molar-refractivity contribution is 5.18. The summed E-state index contributed by atoms with van der Waals surface area (Å²) in [6.07, 6.45) is 6.45. The molecule has 0 saturated carbocycles. The van der Waals surface area contributed by atoms with Crippen LogP contribution < -0.4 is 5.32 Å². The Kier molecular flexibility index (Phi) is 6.95. The van der Waals surface area contributed by atoms with Crippen LogP contribution in [0.25, 0.3) is 0 Å². The van der Waals surface area contributed by atoms with Gasteiger partial charge >= 0.3 is 0 Å². The zero-order chi connectivity index (χ0) is 12.5. The van der Waals surface area contributed by atoms with Crippen molar-refractivity contribution in [2.24, 2.45) is 0 Å². The lowest BCUT2D eigenvalue weighted by Gasteiger charge is -2.22. The van der Waals surface area contributed by atoms with Gasteiger partial charge in [0.15, 0.2) is 0 Å². The van der Waals surface area contributed by atoms with Crippen LogP contribution in [-0.2, 0) is 0 Å². The third-order valence-electron chi connectivity index (χ3n) is 3.34. The first-order valence-electron chi connectivity index (χ1n) is 7.08. The van der Waals surface area contributed by atoms with Gasteiger partial charge in [-0.1, -0.05) is 63.4 Å². The Hall–Kier alpha value is -0.820.